The molecule has 1 unspecified atom stereocenters. The monoisotopic (exact) mass is 314 g/mol. The lowest BCUT2D eigenvalue weighted by molar-refractivity contribution is 0.0895. The van der Waals surface area contributed by atoms with Crippen LogP contribution in [0.25, 0.3) is 0 Å². The summed E-state index contributed by atoms with van der Waals surface area (Å²) in [5, 5.41) is 0. The molecular formula is C14H19BrO3. The average molecular weight is 315 g/mol. The summed E-state index contributed by atoms with van der Waals surface area (Å²) in [5.74, 6) is 1.52. The van der Waals surface area contributed by atoms with Gasteiger partial charge >= 0.3 is 0 Å². The second-order valence-corrected chi connectivity index (χ2v) is 5.44. The minimum Gasteiger partial charge on any atom is -0.497 e. The molecule has 0 heterocycles. The van der Waals surface area contributed by atoms with Crippen molar-refractivity contribution < 1.29 is 14.3 Å². The Kier molecular flexibility index (Phi) is 5.20. The first kappa shape index (κ1) is 15.0. The number of hydrogen-bond acceptors (Lipinski definition) is 3. The van der Waals surface area contributed by atoms with Gasteiger partial charge in [-0.3, -0.25) is 4.79 Å². The molecule has 0 aromatic heterocycles. The predicted octanol–water partition coefficient (Wildman–Crippen LogP) is 3.94. The second-order valence-electron chi connectivity index (χ2n) is 4.58. The van der Waals surface area contributed by atoms with E-state index < -0.39 is 0 Å². The van der Waals surface area contributed by atoms with Gasteiger partial charge in [0.05, 0.1) is 19.8 Å². The molecule has 4 heteroatoms. The molecule has 0 N–H and O–H groups in total. The number of rotatable bonds is 5. The molecular weight excluding hydrogens is 296 g/mol. The van der Waals surface area contributed by atoms with Crippen LogP contribution in [0.1, 0.15) is 31.1 Å². The molecule has 0 amide bonds. The summed E-state index contributed by atoms with van der Waals surface area (Å²) in [6.07, 6.45) is 0. The first-order chi connectivity index (χ1) is 8.42. The van der Waals surface area contributed by atoms with Crippen LogP contribution >= 0.6 is 15.9 Å². The molecule has 0 bridgehead atoms. The summed E-state index contributed by atoms with van der Waals surface area (Å²) in [7, 11) is 3.14. The van der Waals surface area contributed by atoms with Crippen molar-refractivity contribution >= 4 is 21.7 Å². The number of methoxy groups -OCH3 is 2. The number of Topliss-reactive ketones (excluding diaryl/α,β-unsaturated/α-hetero) is 1. The molecule has 100 valence electrons. The zero-order valence-corrected chi connectivity index (χ0v) is 13.0. The van der Waals surface area contributed by atoms with Crippen LogP contribution in [0.2, 0.25) is 0 Å². The minimum atomic E-state index is -0.0522. The summed E-state index contributed by atoms with van der Waals surface area (Å²) in [4.78, 5) is 12.4. The SMILES string of the molecule is COc1cc(Br)c(C(=O)C(C)C(C)C)c(OC)c1. The van der Waals surface area contributed by atoms with Gasteiger partial charge in [-0.25, -0.2) is 0 Å². The van der Waals surface area contributed by atoms with Crippen molar-refractivity contribution in [1.29, 1.82) is 0 Å². The number of ketones is 1. The van der Waals surface area contributed by atoms with E-state index in [0.717, 1.165) is 0 Å². The molecule has 0 saturated carbocycles. The van der Waals surface area contributed by atoms with Crippen molar-refractivity contribution in [2.45, 2.75) is 20.8 Å². The van der Waals surface area contributed by atoms with E-state index in [1.807, 2.05) is 20.8 Å². The fourth-order valence-corrected chi connectivity index (χ4v) is 2.22. The lowest BCUT2D eigenvalue weighted by atomic mass is 9.89. The lowest BCUT2D eigenvalue weighted by Crippen LogP contribution is -2.18. The van der Waals surface area contributed by atoms with E-state index in [0.29, 0.717) is 21.5 Å². The minimum absolute atomic E-state index is 0.0522. The summed E-state index contributed by atoms with van der Waals surface area (Å²) < 4.78 is 11.2. The fraction of sp³-hybridized carbons (Fsp3) is 0.500. The van der Waals surface area contributed by atoms with Crippen LogP contribution in [-0.2, 0) is 0 Å². The van der Waals surface area contributed by atoms with E-state index >= 15 is 0 Å². The van der Waals surface area contributed by atoms with E-state index in [9.17, 15) is 4.79 Å². The Morgan fingerprint density at radius 1 is 1.17 bits per heavy atom. The molecule has 0 aliphatic rings. The van der Waals surface area contributed by atoms with E-state index in [-0.39, 0.29) is 17.6 Å². The zero-order valence-electron chi connectivity index (χ0n) is 11.4. The molecule has 0 spiro atoms. The van der Waals surface area contributed by atoms with Gasteiger partial charge in [-0.15, -0.1) is 0 Å². The average Bonchev–Trinajstić information content (AvgIpc) is 2.35. The fourth-order valence-electron chi connectivity index (χ4n) is 1.61. The molecule has 0 fully saturated rings. The van der Waals surface area contributed by atoms with Gasteiger partial charge in [0.15, 0.2) is 5.78 Å². The third kappa shape index (κ3) is 3.05. The van der Waals surface area contributed by atoms with Crippen LogP contribution in [0.15, 0.2) is 16.6 Å². The summed E-state index contributed by atoms with van der Waals surface area (Å²) in [6, 6.07) is 3.51. The van der Waals surface area contributed by atoms with Gasteiger partial charge in [0, 0.05) is 16.5 Å². The Morgan fingerprint density at radius 2 is 1.78 bits per heavy atom. The molecule has 0 aliphatic carbocycles. The lowest BCUT2D eigenvalue weighted by Gasteiger charge is -2.18. The normalized spacial score (nSPS) is 12.4. The van der Waals surface area contributed by atoms with E-state index in [4.69, 9.17) is 9.47 Å². The van der Waals surface area contributed by atoms with E-state index in [1.54, 1.807) is 26.4 Å². The number of hydrogen-bond donors (Lipinski definition) is 0. The zero-order chi connectivity index (χ0) is 13.9. The highest BCUT2D eigenvalue weighted by molar-refractivity contribution is 9.10. The van der Waals surface area contributed by atoms with E-state index in [2.05, 4.69) is 15.9 Å². The molecule has 0 saturated heterocycles. The molecule has 0 radical (unpaired) electrons. The molecule has 1 atom stereocenters. The Balaban J connectivity index is 3.27. The van der Waals surface area contributed by atoms with Gasteiger partial charge in [-0.05, 0) is 27.9 Å². The Labute approximate surface area is 117 Å². The molecule has 0 aliphatic heterocycles. The summed E-state index contributed by atoms with van der Waals surface area (Å²) in [5.41, 5.74) is 0.583. The highest BCUT2D eigenvalue weighted by Crippen LogP contribution is 2.35. The first-order valence-electron chi connectivity index (χ1n) is 5.88. The largest absolute Gasteiger partial charge is 0.497 e. The van der Waals surface area contributed by atoms with Crippen molar-refractivity contribution in [2.75, 3.05) is 14.2 Å². The van der Waals surface area contributed by atoms with Crippen LogP contribution in [0, 0.1) is 11.8 Å². The predicted molar refractivity (Wildman–Crippen MR) is 75.6 cm³/mol. The highest BCUT2D eigenvalue weighted by atomic mass is 79.9. The Bertz CT molecular complexity index is 441. The summed E-state index contributed by atoms with van der Waals surface area (Å²) >= 11 is 3.42. The maximum atomic E-state index is 12.4. The number of carbonyl (C=O) groups is 1. The van der Waals surface area contributed by atoms with Crippen LogP contribution in [-0.4, -0.2) is 20.0 Å². The second kappa shape index (κ2) is 6.23. The Morgan fingerprint density at radius 3 is 2.22 bits per heavy atom. The number of benzene rings is 1. The summed E-state index contributed by atoms with van der Waals surface area (Å²) in [6.45, 7) is 6.00. The quantitative estimate of drug-likeness (QED) is 0.772. The van der Waals surface area contributed by atoms with Crippen molar-refractivity contribution in [3.05, 3.63) is 22.2 Å². The van der Waals surface area contributed by atoms with Gasteiger partial charge in [0.25, 0.3) is 0 Å². The van der Waals surface area contributed by atoms with Crippen molar-refractivity contribution in [1.82, 2.24) is 0 Å². The number of ether oxygens (including phenoxy) is 2. The van der Waals surface area contributed by atoms with Gasteiger partial charge in [0.1, 0.15) is 11.5 Å². The third-order valence-electron chi connectivity index (χ3n) is 3.14. The third-order valence-corrected chi connectivity index (χ3v) is 3.77. The van der Waals surface area contributed by atoms with Crippen molar-refractivity contribution in [2.24, 2.45) is 11.8 Å². The van der Waals surface area contributed by atoms with Gasteiger partial charge in [-0.1, -0.05) is 20.8 Å². The van der Waals surface area contributed by atoms with Gasteiger partial charge in [-0.2, -0.15) is 0 Å². The number of halogens is 1. The standard InChI is InChI=1S/C14H19BrO3/c1-8(2)9(3)14(16)13-11(15)6-10(17-4)7-12(13)18-5/h6-9H,1-5H3. The molecule has 1 aromatic carbocycles. The smallest absolute Gasteiger partial charge is 0.170 e. The maximum Gasteiger partial charge on any atom is 0.170 e. The number of carbonyl (C=O) groups excluding carboxylic acids is 1. The van der Waals surface area contributed by atoms with Crippen LogP contribution in [0.3, 0.4) is 0 Å². The molecule has 3 nitrogen and oxygen atoms in total. The van der Waals surface area contributed by atoms with Crippen molar-refractivity contribution in [3.63, 3.8) is 0 Å². The molecule has 1 rings (SSSR count). The van der Waals surface area contributed by atoms with Gasteiger partial charge < -0.3 is 9.47 Å². The Hall–Kier alpha value is -1.03. The van der Waals surface area contributed by atoms with Crippen molar-refractivity contribution in [3.8, 4) is 11.5 Å². The molecule has 1 aromatic rings. The van der Waals surface area contributed by atoms with E-state index in [1.165, 1.54) is 0 Å². The van der Waals surface area contributed by atoms with Crippen LogP contribution < -0.4 is 9.47 Å². The highest BCUT2D eigenvalue weighted by Gasteiger charge is 2.24. The maximum absolute atomic E-state index is 12.4. The molecule has 18 heavy (non-hydrogen) atoms. The van der Waals surface area contributed by atoms with Gasteiger partial charge in [0.2, 0.25) is 0 Å². The first-order valence-corrected chi connectivity index (χ1v) is 6.67. The van der Waals surface area contributed by atoms with Crippen LogP contribution in [0.4, 0.5) is 0 Å². The topological polar surface area (TPSA) is 35.5 Å². The van der Waals surface area contributed by atoms with Crippen LogP contribution in [0.5, 0.6) is 11.5 Å².